The summed E-state index contributed by atoms with van der Waals surface area (Å²) in [5.74, 6) is 0.759. The van der Waals surface area contributed by atoms with Crippen molar-refractivity contribution in [3.8, 4) is 0 Å². The summed E-state index contributed by atoms with van der Waals surface area (Å²) < 4.78 is 6.18. The maximum absolute atomic E-state index is 12.0. The van der Waals surface area contributed by atoms with Gasteiger partial charge in [-0.1, -0.05) is 24.6 Å². The average molecular weight is 405 g/mol. The van der Waals surface area contributed by atoms with Gasteiger partial charge in [0.1, 0.15) is 0 Å². The Kier molecular flexibility index (Phi) is 9.81. The molecule has 1 aliphatic carbocycles. The fourth-order valence-corrected chi connectivity index (χ4v) is 4.31. The van der Waals surface area contributed by atoms with E-state index in [0.717, 1.165) is 49.7 Å². The van der Waals surface area contributed by atoms with E-state index in [4.69, 9.17) is 4.74 Å². The number of ether oxygens (including phenoxy) is 1. The molecule has 0 radical (unpaired) electrons. The standard InChI is InChI=1S/C25H40O4/c1-17(2)7-5-8-18(3)11-12-21(27)9-6-10-22-14-20(16-26)23-15-24(28)19(4)13-25(23)29-22/h7,13-14,18,21-23,25-27H,5-6,8-12,15-16H2,1-4H3/t18?,21-,22-,23+,25?/m0/s1. The molecular formula is C25H40O4. The monoisotopic (exact) mass is 404 g/mol. The molecule has 2 unspecified atom stereocenters. The molecule has 0 aromatic heterocycles. The Morgan fingerprint density at radius 3 is 2.69 bits per heavy atom. The van der Waals surface area contributed by atoms with Crippen molar-refractivity contribution in [1.29, 1.82) is 0 Å². The van der Waals surface area contributed by atoms with Gasteiger partial charge in [0.15, 0.2) is 5.78 Å². The lowest BCUT2D eigenvalue weighted by atomic mass is 9.79. The number of Topliss-reactive ketones (excluding diaryl/α,β-unsaturated/α-hetero) is 1. The summed E-state index contributed by atoms with van der Waals surface area (Å²) in [6.07, 6.45) is 12.9. The Balaban J connectivity index is 1.72. The number of hydrogen-bond donors (Lipinski definition) is 2. The first-order chi connectivity index (χ1) is 13.8. The lowest BCUT2D eigenvalue weighted by Gasteiger charge is -2.37. The molecule has 0 aromatic carbocycles. The molecule has 0 aromatic rings. The molecule has 4 heteroatoms. The van der Waals surface area contributed by atoms with Crippen LogP contribution in [0.15, 0.2) is 34.9 Å². The highest BCUT2D eigenvalue weighted by Gasteiger charge is 2.36. The van der Waals surface area contributed by atoms with E-state index in [2.05, 4.69) is 26.8 Å². The minimum atomic E-state index is -0.257. The third kappa shape index (κ3) is 7.84. The number of fused-ring (bicyclic) bond motifs is 1. The smallest absolute Gasteiger partial charge is 0.159 e. The predicted octanol–water partition coefficient (Wildman–Crippen LogP) is 4.90. The van der Waals surface area contributed by atoms with Crippen molar-refractivity contribution < 1.29 is 19.7 Å². The lowest BCUT2D eigenvalue weighted by Crippen LogP contribution is -2.38. The van der Waals surface area contributed by atoms with E-state index < -0.39 is 0 Å². The zero-order valence-electron chi connectivity index (χ0n) is 18.7. The predicted molar refractivity (Wildman–Crippen MR) is 118 cm³/mol. The largest absolute Gasteiger partial charge is 0.393 e. The molecule has 2 N–H and O–H groups in total. The van der Waals surface area contributed by atoms with E-state index in [9.17, 15) is 15.0 Å². The molecule has 2 aliphatic rings. The van der Waals surface area contributed by atoms with E-state index in [1.165, 1.54) is 12.0 Å². The van der Waals surface area contributed by atoms with Gasteiger partial charge >= 0.3 is 0 Å². The molecule has 0 saturated heterocycles. The topological polar surface area (TPSA) is 66.8 Å². The second kappa shape index (κ2) is 11.8. The van der Waals surface area contributed by atoms with E-state index in [-0.39, 0.29) is 36.6 Å². The van der Waals surface area contributed by atoms with Crippen molar-refractivity contribution in [2.45, 2.75) is 97.4 Å². The van der Waals surface area contributed by atoms with E-state index in [1.807, 2.05) is 19.1 Å². The first-order valence-electron chi connectivity index (χ1n) is 11.3. The molecule has 0 fully saturated rings. The maximum Gasteiger partial charge on any atom is 0.159 e. The van der Waals surface area contributed by atoms with Gasteiger partial charge in [0.05, 0.1) is 24.9 Å². The number of hydrogen-bond acceptors (Lipinski definition) is 4. The van der Waals surface area contributed by atoms with Gasteiger partial charge in [-0.2, -0.15) is 0 Å². The molecule has 0 spiro atoms. The van der Waals surface area contributed by atoms with Gasteiger partial charge in [-0.05, 0) is 88.9 Å². The van der Waals surface area contributed by atoms with E-state index >= 15 is 0 Å². The zero-order valence-corrected chi connectivity index (χ0v) is 18.7. The van der Waals surface area contributed by atoms with Gasteiger partial charge in [-0.25, -0.2) is 0 Å². The maximum atomic E-state index is 12.0. The first kappa shape index (κ1) is 24.0. The highest BCUT2D eigenvalue weighted by Crippen LogP contribution is 2.35. The molecule has 0 saturated carbocycles. The lowest BCUT2D eigenvalue weighted by molar-refractivity contribution is -0.119. The number of aliphatic hydroxyl groups excluding tert-OH is 2. The van der Waals surface area contributed by atoms with Gasteiger partial charge in [-0.3, -0.25) is 4.79 Å². The van der Waals surface area contributed by atoms with Crippen molar-refractivity contribution >= 4 is 5.78 Å². The normalized spacial score (nSPS) is 26.3. The van der Waals surface area contributed by atoms with Crippen LogP contribution >= 0.6 is 0 Å². The summed E-state index contributed by atoms with van der Waals surface area (Å²) in [7, 11) is 0. The third-order valence-electron chi connectivity index (χ3n) is 6.28. The number of rotatable bonds is 11. The fourth-order valence-electron chi connectivity index (χ4n) is 4.31. The molecule has 2 rings (SSSR count). The average Bonchev–Trinajstić information content (AvgIpc) is 2.66. The van der Waals surface area contributed by atoms with E-state index in [1.54, 1.807) is 0 Å². The summed E-state index contributed by atoms with van der Waals surface area (Å²) >= 11 is 0. The Hall–Kier alpha value is -1.23. The van der Waals surface area contributed by atoms with Crippen LogP contribution in [-0.2, 0) is 9.53 Å². The van der Waals surface area contributed by atoms with Crippen molar-refractivity contribution in [2.24, 2.45) is 11.8 Å². The molecule has 0 bridgehead atoms. The second-order valence-corrected chi connectivity index (χ2v) is 9.25. The van der Waals surface area contributed by atoms with Crippen LogP contribution in [0.2, 0.25) is 0 Å². The van der Waals surface area contributed by atoms with Crippen molar-refractivity contribution in [3.63, 3.8) is 0 Å². The summed E-state index contributed by atoms with van der Waals surface area (Å²) in [6, 6.07) is 0. The van der Waals surface area contributed by atoms with Crippen LogP contribution in [0.5, 0.6) is 0 Å². The Morgan fingerprint density at radius 1 is 1.24 bits per heavy atom. The molecule has 5 atom stereocenters. The van der Waals surface area contributed by atoms with Gasteiger partial charge in [0, 0.05) is 12.3 Å². The number of carbonyl (C=O) groups is 1. The van der Waals surface area contributed by atoms with Crippen molar-refractivity contribution in [3.05, 3.63) is 34.9 Å². The number of carbonyl (C=O) groups excluding carboxylic acids is 1. The number of allylic oxidation sites excluding steroid dienone is 3. The van der Waals surface area contributed by atoms with Crippen LogP contribution in [0.25, 0.3) is 0 Å². The van der Waals surface area contributed by atoms with Gasteiger partial charge in [0.25, 0.3) is 0 Å². The zero-order chi connectivity index (χ0) is 21.4. The number of aliphatic hydroxyl groups is 2. The fraction of sp³-hybridized carbons (Fsp3) is 0.720. The van der Waals surface area contributed by atoms with Crippen LogP contribution in [0.1, 0.15) is 79.1 Å². The molecule has 164 valence electrons. The summed E-state index contributed by atoms with van der Waals surface area (Å²) in [5, 5.41) is 20.1. The molecule has 29 heavy (non-hydrogen) atoms. The van der Waals surface area contributed by atoms with E-state index in [0.29, 0.717) is 12.3 Å². The molecule has 0 amide bonds. The minimum Gasteiger partial charge on any atom is -0.393 e. The van der Waals surface area contributed by atoms with Crippen molar-refractivity contribution in [2.75, 3.05) is 6.61 Å². The summed E-state index contributed by atoms with van der Waals surface area (Å²) in [5.41, 5.74) is 3.06. The number of ketones is 1. The van der Waals surface area contributed by atoms with Crippen LogP contribution in [0.4, 0.5) is 0 Å². The summed E-state index contributed by atoms with van der Waals surface area (Å²) in [4.78, 5) is 12.0. The van der Waals surface area contributed by atoms with Gasteiger partial charge in [-0.15, -0.1) is 0 Å². The molecule has 4 nitrogen and oxygen atoms in total. The Labute approximate surface area is 176 Å². The molecule has 1 aliphatic heterocycles. The second-order valence-electron chi connectivity index (χ2n) is 9.25. The highest BCUT2D eigenvalue weighted by atomic mass is 16.5. The SMILES string of the molecule is CC(C)=CCCC(C)CC[C@@H](O)CCC[C@H]1C=C(CO)[C@H]2CC(=O)C(C)=CC2O1. The highest BCUT2D eigenvalue weighted by molar-refractivity contribution is 5.96. The third-order valence-corrected chi connectivity index (χ3v) is 6.28. The van der Waals surface area contributed by atoms with Crippen LogP contribution in [0.3, 0.4) is 0 Å². The van der Waals surface area contributed by atoms with Crippen LogP contribution < -0.4 is 0 Å². The van der Waals surface area contributed by atoms with Crippen molar-refractivity contribution in [1.82, 2.24) is 0 Å². The summed E-state index contributed by atoms with van der Waals surface area (Å²) in [6.45, 7) is 8.35. The molecular weight excluding hydrogens is 364 g/mol. The molecule has 1 heterocycles. The van der Waals surface area contributed by atoms with Gasteiger partial charge in [0.2, 0.25) is 0 Å². The Morgan fingerprint density at radius 2 is 2.00 bits per heavy atom. The van der Waals surface area contributed by atoms with Crippen LogP contribution in [0, 0.1) is 11.8 Å². The first-order valence-corrected chi connectivity index (χ1v) is 11.3. The quantitative estimate of drug-likeness (QED) is 0.481. The van der Waals surface area contributed by atoms with Crippen LogP contribution in [-0.4, -0.2) is 40.9 Å². The Bertz CT molecular complexity index is 627. The minimum absolute atomic E-state index is 0.0194. The van der Waals surface area contributed by atoms with Gasteiger partial charge < -0.3 is 14.9 Å².